The summed E-state index contributed by atoms with van der Waals surface area (Å²) in [5.74, 6) is 0.676. The third-order valence-corrected chi connectivity index (χ3v) is 3.21. The Bertz CT molecular complexity index is 439. The quantitative estimate of drug-likeness (QED) is 0.761. The van der Waals surface area contributed by atoms with Gasteiger partial charge in [0.25, 0.3) is 0 Å². The second-order valence-electron chi connectivity index (χ2n) is 3.39. The molecular formula is C12H13BrClNS. The highest BCUT2D eigenvalue weighted by Gasteiger charge is 2.01. The van der Waals surface area contributed by atoms with Crippen LogP contribution >= 0.6 is 39.9 Å². The van der Waals surface area contributed by atoms with E-state index in [4.69, 9.17) is 11.6 Å². The van der Waals surface area contributed by atoms with Crippen LogP contribution in [-0.2, 0) is 6.42 Å². The molecule has 0 bridgehead atoms. The third kappa shape index (κ3) is 3.30. The van der Waals surface area contributed by atoms with E-state index in [-0.39, 0.29) is 17.0 Å². The monoisotopic (exact) mass is 317 g/mol. The van der Waals surface area contributed by atoms with Crippen LogP contribution in [0.2, 0.25) is 0 Å². The van der Waals surface area contributed by atoms with Crippen LogP contribution in [0.5, 0.6) is 0 Å². The molecule has 1 aromatic heterocycles. The average Bonchev–Trinajstić information content (AvgIpc) is 2.67. The van der Waals surface area contributed by atoms with Gasteiger partial charge in [-0.2, -0.15) is 0 Å². The summed E-state index contributed by atoms with van der Waals surface area (Å²) in [7, 11) is 0. The summed E-state index contributed by atoms with van der Waals surface area (Å²) in [6.45, 7) is 2.02. The zero-order valence-corrected chi connectivity index (χ0v) is 12.2. The molecule has 16 heavy (non-hydrogen) atoms. The molecule has 2 aromatic rings. The second-order valence-corrected chi connectivity index (χ2v) is 4.83. The first kappa shape index (κ1) is 13.7. The highest BCUT2D eigenvalue weighted by molar-refractivity contribution is 8.93. The zero-order chi connectivity index (χ0) is 10.7. The summed E-state index contributed by atoms with van der Waals surface area (Å²) < 4.78 is 0. The van der Waals surface area contributed by atoms with Crippen molar-refractivity contribution in [2.24, 2.45) is 0 Å². The minimum atomic E-state index is 0. The summed E-state index contributed by atoms with van der Waals surface area (Å²) >= 11 is 7.37. The van der Waals surface area contributed by atoms with Crippen molar-refractivity contribution in [3.63, 3.8) is 0 Å². The van der Waals surface area contributed by atoms with Crippen LogP contribution < -0.4 is 0 Å². The predicted octanol–water partition coefficient (Wildman–Crippen LogP) is 4.48. The van der Waals surface area contributed by atoms with E-state index in [2.05, 4.69) is 34.6 Å². The number of rotatable bonds is 3. The number of thiazole rings is 1. The molecule has 0 aliphatic carbocycles. The van der Waals surface area contributed by atoms with Gasteiger partial charge in [-0.3, -0.25) is 0 Å². The molecule has 0 saturated heterocycles. The number of aryl methyl sites for hydroxylation is 2. The van der Waals surface area contributed by atoms with Crippen LogP contribution in [-0.4, -0.2) is 10.9 Å². The summed E-state index contributed by atoms with van der Waals surface area (Å²) in [5, 5.41) is 3.20. The van der Waals surface area contributed by atoms with Gasteiger partial charge in [0.05, 0.1) is 10.7 Å². The lowest BCUT2D eigenvalue weighted by Gasteiger charge is -1.99. The van der Waals surface area contributed by atoms with Gasteiger partial charge in [-0.15, -0.1) is 39.9 Å². The van der Waals surface area contributed by atoms with Crippen molar-refractivity contribution in [1.82, 2.24) is 4.98 Å². The van der Waals surface area contributed by atoms with Crippen LogP contribution in [0.4, 0.5) is 0 Å². The van der Waals surface area contributed by atoms with Crippen LogP contribution in [0.1, 0.15) is 10.6 Å². The fraction of sp³-hybridized carbons (Fsp3) is 0.250. The lowest BCUT2D eigenvalue weighted by Crippen LogP contribution is -1.86. The topological polar surface area (TPSA) is 12.9 Å². The van der Waals surface area contributed by atoms with Crippen LogP contribution in [0.25, 0.3) is 11.3 Å². The molecule has 0 fully saturated rings. The summed E-state index contributed by atoms with van der Waals surface area (Å²) in [5.41, 5.74) is 3.52. The third-order valence-electron chi connectivity index (χ3n) is 2.25. The van der Waals surface area contributed by atoms with Gasteiger partial charge in [0.15, 0.2) is 0 Å². The van der Waals surface area contributed by atoms with Crippen molar-refractivity contribution in [1.29, 1.82) is 0 Å². The van der Waals surface area contributed by atoms with E-state index in [0.717, 1.165) is 17.1 Å². The Hall–Kier alpha value is -0.380. The van der Waals surface area contributed by atoms with Crippen molar-refractivity contribution in [2.45, 2.75) is 13.3 Å². The van der Waals surface area contributed by atoms with Gasteiger partial charge < -0.3 is 0 Å². The molecular weight excluding hydrogens is 306 g/mol. The largest absolute Gasteiger partial charge is 0.242 e. The van der Waals surface area contributed by atoms with E-state index in [1.54, 1.807) is 11.3 Å². The fourth-order valence-corrected chi connectivity index (χ4v) is 2.29. The molecule has 0 spiro atoms. The Balaban J connectivity index is 0.00000128. The molecule has 0 aliphatic heterocycles. The molecule has 1 nitrogen and oxygen atoms in total. The minimum absolute atomic E-state index is 0. The Kier molecular flexibility index (Phi) is 5.46. The van der Waals surface area contributed by atoms with E-state index < -0.39 is 0 Å². The van der Waals surface area contributed by atoms with E-state index in [1.165, 1.54) is 11.1 Å². The molecule has 1 aromatic carbocycles. The van der Waals surface area contributed by atoms with E-state index in [0.29, 0.717) is 5.88 Å². The van der Waals surface area contributed by atoms with E-state index in [1.807, 2.05) is 6.92 Å². The molecule has 4 heteroatoms. The number of nitrogens with zero attached hydrogens (tertiary/aromatic N) is 1. The first-order valence-electron chi connectivity index (χ1n) is 4.87. The normalized spacial score (nSPS) is 9.88. The minimum Gasteiger partial charge on any atom is -0.242 e. The van der Waals surface area contributed by atoms with Crippen molar-refractivity contribution < 1.29 is 0 Å². The standard InChI is InChI=1S/C12H12ClNS.BrH/c1-9-14-12(8-15-9)11-4-2-10(3-5-11)6-7-13;/h2-5,8H,6-7H2,1H3;1H. The smallest absolute Gasteiger partial charge is 0.0901 e. The Morgan fingerprint density at radius 2 is 1.94 bits per heavy atom. The molecule has 0 saturated carbocycles. The van der Waals surface area contributed by atoms with Gasteiger partial charge in [0.2, 0.25) is 0 Å². The average molecular weight is 319 g/mol. The Labute approximate surface area is 115 Å². The molecule has 0 unspecified atom stereocenters. The number of alkyl halides is 1. The summed E-state index contributed by atoms with van der Waals surface area (Å²) in [6.07, 6.45) is 0.929. The maximum absolute atomic E-state index is 5.69. The Morgan fingerprint density at radius 1 is 1.25 bits per heavy atom. The first-order valence-corrected chi connectivity index (χ1v) is 6.28. The number of halogens is 2. The molecule has 0 N–H and O–H groups in total. The Morgan fingerprint density at radius 3 is 2.44 bits per heavy atom. The zero-order valence-electron chi connectivity index (χ0n) is 8.94. The van der Waals surface area contributed by atoms with Gasteiger partial charge in [0, 0.05) is 16.8 Å². The lowest BCUT2D eigenvalue weighted by atomic mass is 10.1. The van der Waals surface area contributed by atoms with Gasteiger partial charge in [-0.1, -0.05) is 24.3 Å². The van der Waals surface area contributed by atoms with E-state index >= 15 is 0 Å². The van der Waals surface area contributed by atoms with Crippen molar-refractivity contribution in [3.05, 3.63) is 40.2 Å². The summed E-state index contributed by atoms with van der Waals surface area (Å²) in [4.78, 5) is 4.45. The summed E-state index contributed by atoms with van der Waals surface area (Å²) in [6, 6.07) is 8.45. The lowest BCUT2D eigenvalue weighted by molar-refractivity contribution is 1.15. The molecule has 2 rings (SSSR count). The van der Waals surface area contributed by atoms with Crippen molar-refractivity contribution >= 4 is 39.9 Å². The van der Waals surface area contributed by atoms with Gasteiger partial charge in [0.1, 0.15) is 0 Å². The van der Waals surface area contributed by atoms with Crippen molar-refractivity contribution in [3.8, 4) is 11.3 Å². The maximum Gasteiger partial charge on any atom is 0.0901 e. The van der Waals surface area contributed by atoms with Crippen LogP contribution in [0.3, 0.4) is 0 Å². The van der Waals surface area contributed by atoms with Gasteiger partial charge in [-0.25, -0.2) is 4.98 Å². The molecule has 86 valence electrons. The van der Waals surface area contributed by atoms with Crippen LogP contribution in [0, 0.1) is 6.92 Å². The van der Waals surface area contributed by atoms with Crippen LogP contribution in [0.15, 0.2) is 29.6 Å². The molecule has 0 aliphatic rings. The molecule has 0 atom stereocenters. The SMILES string of the molecule is Br.Cc1nc(-c2ccc(CCCl)cc2)cs1. The highest BCUT2D eigenvalue weighted by Crippen LogP contribution is 2.21. The number of hydrogen-bond acceptors (Lipinski definition) is 2. The molecule has 0 amide bonds. The first-order chi connectivity index (χ1) is 7.29. The molecule has 1 heterocycles. The maximum atomic E-state index is 5.69. The number of hydrogen-bond donors (Lipinski definition) is 0. The highest BCUT2D eigenvalue weighted by atomic mass is 79.9. The van der Waals surface area contributed by atoms with Crippen molar-refractivity contribution in [2.75, 3.05) is 5.88 Å². The van der Waals surface area contributed by atoms with Gasteiger partial charge >= 0.3 is 0 Å². The second kappa shape index (κ2) is 6.38. The van der Waals surface area contributed by atoms with Gasteiger partial charge in [-0.05, 0) is 18.9 Å². The predicted molar refractivity (Wildman–Crippen MR) is 77.0 cm³/mol. The fourth-order valence-electron chi connectivity index (χ4n) is 1.45. The number of aromatic nitrogens is 1. The molecule has 0 radical (unpaired) electrons. The number of benzene rings is 1. The van der Waals surface area contributed by atoms with E-state index in [9.17, 15) is 0 Å².